The Balaban J connectivity index is 1.87. The van der Waals surface area contributed by atoms with Crippen molar-refractivity contribution in [3.8, 4) is 5.75 Å². The Labute approximate surface area is 166 Å². The molecule has 0 saturated carbocycles. The lowest BCUT2D eigenvalue weighted by atomic mass is 10.1. The number of methoxy groups -OCH3 is 1. The Kier molecular flexibility index (Phi) is 8.02. The Morgan fingerprint density at radius 2 is 1.79 bits per heavy atom. The first-order valence-electron chi connectivity index (χ1n) is 9.33. The van der Waals surface area contributed by atoms with E-state index in [4.69, 9.17) is 4.74 Å². The van der Waals surface area contributed by atoms with Gasteiger partial charge in [0.15, 0.2) is 0 Å². The van der Waals surface area contributed by atoms with Gasteiger partial charge in [-0.2, -0.15) is 0 Å². The fraction of sp³-hybridized carbons (Fsp3) is 0.364. The molecule has 0 aliphatic carbocycles. The van der Waals surface area contributed by atoms with E-state index in [1.165, 1.54) is 0 Å². The second-order valence-electron chi connectivity index (χ2n) is 7.00. The Morgan fingerprint density at radius 1 is 1.07 bits per heavy atom. The molecule has 0 aliphatic heterocycles. The van der Waals surface area contributed by atoms with E-state index in [0.29, 0.717) is 12.1 Å². The van der Waals surface area contributed by atoms with E-state index in [1.54, 1.807) is 19.2 Å². The third kappa shape index (κ3) is 6.39. The smallest absolute Gasteiger partial charge is 0.251 e. The number of amides is 2. The molecule has 2 amide bonds. The van der Waals surface area contributed by atoms with Crippen LogP contribution in [0.1, 0.15) is 35.3 Å². The fourth-order valence-electron chi connectivity index (χ4n) is 2.96. The van der Waals surface area contributed by atoms with Gasteiger partial charge >= 0.3 is 0 Å². The maximum absolute atomic E-state index is 12.3. The van der Waals surface area contributed by atoms with Gasteiger partial charge in [-0.15, -0.1) is 0 Å². The monoisotopic (exact) mass is 383 g/mol. The van der Waals surface area contributed by atoms with Gasteiger partial charge in [0.25, 0.3) is 5.91 Å². The Hall–Kier alpha value is -2.86. The van der Waals surface area contributed by atoms with Gasteiger partial charge in [0.2, 0.25) is 5.91 Å². The summed E-state index contributed by atoms with van der Waals surface area (Å²) in [6.45, 7) is 2.30. The van der Waals surface area contributed by atoms with Crippen LogP contribution in [0.2, 0.25) is 0 Å². The molecule has 0 aliphatic rings. The van der Waals surface area contributed by atoms with E-state index in [-0.39, 0.29) is 30.3 Å². The molecule has 0 spiro atoms. The lowest BCUT2D eigenvalue weighted by Gasteiger charge is -2.25. The van der Waals surface area contributed by atoms with Crippen molar-refractivity contribution in [1.82, 2.24) is 15.5 Å². The van der Waals surface area contributed by atoms with E-state index in [9.17, 15) is 9.59 Å². The van der Waals surface area contributed by atoms with Gasteiger partial charge in [0.1, 0.15) is 5.75 Å². The first-order chi connectivity index (χ1) is 13.4. The van der Waals surface area contributed by atoms with Crippen LogP contribution in [-0.2, 0) is 4.79 Å². The van der Waals surface area contributed by atoms with Gasteiger partial charge in [-0.1, -0.05) is 30.3 Å². The van der Waals surface area contributed by atoms with Gasteiger partial charge in [0, 0.05) is 24.6 Å². The van der Waals surface area contributed by atoms with E-state index in [2.05, 4.69) is 15.5 Å². The molecule has 0 heterocycles. The van der Waals surface area contributed by atoms with Crippen molar-refractivity contribution in [3.05, 3.63) is 65.7 Å². The summed E-state index contributed by atoms with van der Waals surface area (Å²) in [5, 5.41) is 5.83. The van der Waals surface area contributed by atoms with Crippen molar-refractivity contribution in [2.45, 2.75) is 25.4 Å². The predicted molar refractivity (Wildman–Crippen MR) is 110 cm³/mol. The molecule has 2 atom stereocenters. The predicted octanol–water partition coefficient (Wildman–Crippen LogP) is 2.62. The molecule has 0 saturated heterocycles. The van der Waals surface area contributed by atoms with Gasteiger partial charge in [-0.3, -0.25) is 9.59 Å². The van der Waals surface area contributed by atoms with Crippen LogP contribution in [0.5, 0.6) is 5.75 Å². The molecule has 6 heteroatoms. The van der Waals surface area contributed by atoms with Crippen molar-refractivity contribution in [3.63, 3.8) is 0 Å². The third-order valence-electron chi connectivity index (χ3n) is 4.50. The number of nitrogens with one attached hydrogen (secondary N) is 2. The summed E-state index contributed by atoms with van der Waals surface area (Å²) >= 11 is 0. The van der Waals surface area contributed by atoms with E-state index >= 15 is 0 Å². The summed E-state index contributed by atoms with van der Waals surface area (Å²) in [5.74, 6) is 0.506. The lowest BCUT2D eigenvalue weighted by molar-refractivity contribution is -0.121. The molecule has 0 aromatic heterocycles. The van der Waals surface area contributed by atoms with Gasteiger partial charge in [0.05, 0.1) is 13.2 Å². The highest BCUT2D eigenvalue weighted by Gasteiger charge is 2.18. The van der Waals surface area contributed by atoms with Crippen LogP contribution in [0.4, 0.5) is 0 Å². The zero-order valence-corrected chi connectivity index (χ0v) is 16.9. The number of likely N-dealkylation sites (N-methyl/N-ethyl adjacent to an activating group) is 1. The molecule has 6 nitrogen and oxygen atoms in total. The van der Waals surface area contributed by atoms with Crippen LogP contribution in [-0.4, -0.2) is 50.5 Å². The molecule has 2 unspecified atom stereocenters. The molecule has 0 radical (unpaired) electrons. The Bertz CT molecular complexity index is 778. The number of rotatable bonds is 9. The number of ether oxygens (including phenoxy) is 1. The first kappa shape index (κ1) is 21.4. The van der Waals surface area contributed by atoms with Crippen LogP contribution in [0, 0.1) is 0 Å². The van der Waals surface area contributed by atoms with Crippen molar-refractivity contribution in [2.75, 3.05) is 27.7 Å². The zero-order chi connectivity index (χ0) is 20.5. The van der Waals surface area contributed by atoms with Gasteiger partial charge in [-0.05, 0) is 50.8 Å². The number of carbonyl (C=O) groups is 2. The second kappa shape index (κ2) is 10.5. The summed E-state index contributed by atoms with van der Waals surface area (Å²) in [5.41, 5.74) is 1.65. The largest absolute Gasteiger partial charge is 0.497 e. The van der Waals surface area contributed by atoms with Gasteiger partial charge in [-0.25, -0.2) is 0 Å². The average molecular weight is 383 g/mol. The summed E-state index contributed by atoms with van der Waals surface area (Å²) < 4.78 is 5.29. The quantitative estimate of drug-likeness (QED) is 0.698. The minimum Gasteiger partial charge on any atom is -0.497 e. The van der Waals surface area contributed by atoms with E-state index in [0.717, 1.165) is 11.3 Å². The van der Waals surface area contributed by atoms with Crippen molar-refractivity contribution < 1.29 is 14.3 Å². The standard InChI is InChI=1S/C22H29N3O3/c1-16(24-22(27)17-9-6-5-7-10-17)13-21(26)23-15-20(25(2)3)18-11-8-12-19(14-18)28-4/h5-12,14,16,20H,13,15H2,1-4H3,(H,23,26)(H,24,27). The molecule has 2 aromatic rings. The molecular formula is C22H29N3O3. The fourth-order valence-corrected chi connectivity index (χ4v) is 2.96. The van der Waals surface area contributed by atoms with Crippen molar-refractivity contribution in [1.29, 1.82) is 0 Å². The normalized spacial score (nSPS) is 12.9. The molecule has 2 N–H and O–H groups in total. The summed E-state index contributed by atoms with van der Waals surface area (Å²) in [7, 11) is 5.58. The molecule has 0 fully saturated rings. The highest BCUT2D eigenvalue weighted by Crippen LogP contribution is 2.22. The lowest BCUT2D eigenvalue weighted by Crippen LogP contribution is -2.39. The molecule has 150 valence electrons. The highest BCUT2D eigenvalue weighted by molar-refractivity contribution is 5.94. The third-order valence-corrected chi connectivity index (χ3v) is 4.50. The van der Waals surface area contributed by atoms with Crippen LogP contribution >= 0.6 is 0 Å². The van der Waals surface area contributed by atoms with E-state index in [1.807, 2.05) is 63.5 Å². The molecule has 28 heavy (non-hydrogen) atoms. The van der Waals surface area contributed by atoms with Crippen LogP contribution in [0.3, 0.4) is 0 Å². The molecule has 0 bridgehead atoms. The maximum Gasteiger partial charge on any atom is 0.251 e. The first-order valence-corrected chi connectivity index (χ1v) is 9.33. The van der Waals surface area contributed by atoms with Gasteiger partial charge < -0.3 is 20.3 Å². The summed E-state index contributed by atoms with van der Waals surface area (Å²) in [6.07, 6.45) is 0.219. The second-order valence-corrected chi connectivity index (χ2v) is 7.00. The number of hydrogen-bond donors (Lipinski definition) is 2. The Morgan fingerprint density at radius 3 is 2.43 bits per heavy atom. The summed E-state index contributed by atoms with van der Waals surface area (Å²) in [6, 6.07) is 16.6. The summed E-state index contributed by atoms with van der Waals surface area (Å²) in [4.78, 5) is 26.6. The molecular weight excluding hydrogens is 354 g/mol. The number of carbonyl (C=O) groups excluding carboxylic acids is 2. The zero-order valence-electron chi connectivity index (χ0n) is 16.9. The minimum absolute atomic E-state index is 0.0215. The average Bonchev–Trinajstić information content (AvgIpc) is 2.68. The van der Waals surface area contributed by atoms with Crippen LogP contribution in [0.15, 0.2) is 54.6 Å². The van der Waals surface area contributed by atoms with Crippen LogP contribution < -0.4 is 15.4 Å². The molecule has 2 rings (SSSR count). The van der Waals surface area contributed by atoms with E-state index < -0.39 is 0 Å². The highest BCUT2D eigenvalue weighted by atomic mass is 16.5. The number of benzene rings is 2. The number of hydrogen-bond acceptors (Lipinski definition) is 4. The van der Waals surface area contributed by atoms with Crippen molar-refractivity contribution >= 4 is 11.8 Å². The topological polar surface area (TPSA) is 70.7 Å². The SMILES string of the molecule is COc1cccc(C(CNC(=O)CC(C)NC(=O)c2ccccc2)N(C)C)c1. The van der Waals surface area contributed by atoms with Crippen molar-refractivity contribution in [2.24, 2.45) is 0 Å². The molecule has 2 aromatic carbocycles. The number of nitrogens with zero attached hydrogens (tertiary/aromatic N) is 1. The van der Waals surface area contributed by atoms with Crippen LogP contribution in [0.25, 0.3) is 0 Å². The maximum atomic E-state index is 12.3. The minimum atomic E-state index is -0.262.